The second-order valence-electron chi connectivity index (χ2n) is 2.58. The molecule has 0 radical (unpaired) electrons. The van der Waals surface area contributed by atoms with Crippen molar-refractivity contribution < 1.29 is 9.90 Å². The van der Waals surface area contributed by atoms with E-state index < -0.39 is 11.5 Å². The molecule has 0 atom stereocenters. The highest BCUT2D eigenvalue weighted by atomic mass is 16.4. The van der Waals surface area contributed by atoms with Gasteiger partial charge in [0.05, 0.1) is 0 Å². The lowest BCUT2D eigenvalue weighted by Crippen LogP contribution is -2.17. The van der Waals surface area contributed by atoms with E-state index in [1.54, 1.807) is 6.07 Å². The highest BCUT2D eigenvalue weighted by Gasteiger charge is 2.09. The summed E-state index contributed by atoms with van der Waals surface area (Å²) in [6.07, 6.45) is 1.42. The molecule has 0 aliphatic rings. The summed E-state index contributed by atoms with van der Waals surface area (Å²) in [6.45, 7) is 0. The number of aromatic carboxylic acids is 1. The topological polar surface area (TPSA) is 84.6 Å². The smallest absolute Gasteiger partial charge is 0.354 e. The van der Waals surface area contributed by atoms with Crippen molar-refractivity contribution in [2.24, 2.45) is 0 Å². The van der Waals surface area contributed by atoms with Crippen molar-refractivity contribution in [1.29, 1.82) is 0 Å². The van der Waals surface area contributed by atoms with Crippen molar-refractivity contribution in [3.8, 4) is 0 Å². The molecule has 0 aromatic carbocycles. The van der Waals surface area contributed by atoms with Crippen LogP contribution in [0.3, 0.4) is 0 Å². The van der Waals surface area contributed by atoms with Gasteiger partial charge < -0.3 is 5.11 Å². The third kappa shape index (κ3) is 1.22. The molecular formula is C8H5N3O3. The fraction of sp³-hybridized carbons (Fsp3) is 0. The second-order valence-corrected chi connectivity index (χ2v) is 2.58. The molecule has 0 saturated heterocycles. The van der Waals surface area contributed by atoms with Crippen molar-refractivity contribution in [2.45, 2.75) is 0 Å². The molecule has 0 aliphatic heterocycles. The lowest BCUT2D eigenvalue weighted by Gasteiger charge is -2.00. The van der Waals surface area contributed by atoms with E-state index in [4.69, 9.17) is 5.11 Å². The van der Waals surface area contributed by atoms with Crippen molar-refractivity contribution in [3.05, 3.63) is 40.4 Å². The normalized spacial score (nSPS) is 10.3. The summed E-state index contributed by atoms with van der Waals surface area (Å²) >= 11 is 0. The molecule has 2 aromatic rings. The van der Waals surface area contributed by atoms with Crippen molar-refractivity contribution in [2.75, 3.05) is 0 Å². The molecule has 0 unspecified atom stereocenters. The summed E-state index contributed by atoms with van der Waals surface area (Å²) in [5.41, 5.74) is -0.562. The summed E-state index contributed by atoms with van der Waals surface area (Å²) < 4.78 is 1.10. The zero-order valence-corrected chi connectivity index (χ0v) is 6.91. The maximum atomic E-state index is 11.0. The van der Waals surface area contributed by atoms with Gasteiger partial charge in [-0.05, 0) is 12.1 Å². The number of carboxylic acid groups (broad SMARTS) is 1. The maximum absolute atomic E-state index is 11.0. The molecule has 1 N–H and O–H groups in total. The summed E-state index contributed by atoms with van der Waals surface area (Å²) in [6, 6.07) is 4.02. The Kier molecular flexibility index (Phi) is 1.74. The minimum atomic E-state index is -1.21. The Balaban J connectivity index is 2.94. The van der Waals surface area contributed by atoms with E-state index in [0.717, 1.165) is 10.6 Å². The Hall–Kier alpha value is -2.24. The average molecular weight is 191 g/mol. The van der Waals surface area contributed by atoms with Gasteiger partial charge in [-0.2, -0.15) is 10.1 Å². The van der Waals surface area contributed by atoms with Gasteiger partial charge in [-0.3, -0.25) is 4.79 Å². The van der Waals surface area contributed by atoms with Gasteiger partial charge in [0, 0.05) is 12.3 Å². The third-order valence-corrected chi connectivity index (χ3v) is 1.66. The van der Waals surface area contributed by atoms with Gasteiger partial charge in [0.1, 0.15) is 0 Å². The zero-order chi connectivity index (χ0) is 10.1. The maximum Gasteiger partial charge on any atom is 0.354 e. The molecule has 0 amide bonds. The molecule has 0 spiro atoms. The molecule has 0 saturated carbocycles. The van der Waals surface area contributed by atoms with Crippen molar-refractivity contribution in [1.82, 2.24) is 14.6 Å². The summed E-state index contributed by atoms with van der Waals surface area (Å²) in [5, 5.41) is 12.6. The largest absolute Gasteiger partial charge is 0.477 e. The Morgan fingerprint density at radius 3 is 3.00 bits per heavy atom. The molecule has 2 aromatic heterocycles. The van der Waals surface area contributed by atoms with E-state index in [9.17, 15) is 9.59 Å². The van der Waals surface area contributed by atoms with Crippen LogP contribution in [-0.2, 0) is 0 Å². The highest BCUT2D eigenvalue weighted by molar-refractivity contribution is 5.86. The number of fused-ring (bicyclic) bond motifs is 1. The van der Waals surface area contributed by atoms with Crippen LogP contribution in [0.15, 0.2) is 29.2 Å². The summed E-state index contributed by atoms with van der Waals surface area (Å²) in [5.74, 6) is -1.21. The Bertz CT molecular complexity index is 561. The zero-order valence-electron chi connectivity index (χ0n) is 6.91. The lowest BCUT2D eigenvalue weighted by molar-refractivity contribution is 0.0687. The fourth-order valence-electron chi connectivity index (χ4n) is 1.11. The second kappa shape index (κ2) is 2.91. The first kappa shape index (κ1) is 8.36. The predicted molar refractivity (Wildman–Crippen MR) is 46.2 cm³/mol. The Morgan fingerprint density at radius 1 is 1.50 bits per heavy atom. The van der Waals surface area contributed by atoms with Gasteiger partial charge in [-0.25, -0.2) is 9.31 Å². The van der Waals surface area contributed by atoms with Gasteiger partial charge in [-0.1, -0.05) is 0 Å². The van der Waals surface area contributed by atoms with E-state index in [-0.39, 0.29) is 11.3 Å². The van der Waals surface area contributed by atoms with E-state index in [1.165, 1.54) is 12.3 Å². The van der Waals surface area contributed by atoms with E-state index in [2.05, 4.69) is 10.1 Å². The molecule has 0 aliphatic carbocycles. The quantitative estimate of drug-likeness (QED) is 0.674. The molecule has 2 rings (SSSR count). The van der Waals surface area contributed by atoms with E-state index in [0.29, 0.717) is 0 Å². The molecule has 6 nitrogen and oxygen atoms in total. The molecule has 14 heavy (non-hydrogen) atoms. The van der Waals surface area contributed by atoms with Crippen LogP contribution in [0.2, 0.25) is 0 Å². The number of rotatable bonds is 1. The first-order valence-electron chi connectivity index (χ1n) is 3.77. The summed E-state index contributed by atoms with van der Waals surface area (Å²) in [7, 11) is 0. The van der Waals surface area contributed by atoms with Crippen LogP contribution >= 0.6 is 0 Å². The van der Waals surface area contributed by atoms with Gasteiger partial charge in [0.2, 0.25) is 0 Å². The number of hydrogen-bond donors (Lipinski definition) is 1. The number of hydrogen-bond acceptors (Lipinski definition) is 4. The lowest BCUT2D eigenvalue weighted by atomic mass is 10.4. The van der Waals surface area contributed by atoms with Crippen LogP contribution in [0, 0.1) is 0 Å². The van der Waals surface area contributed by atoms with Gasteiger partial charge in [0.15, 0.2) is 11.3 Å². The van der Waals surface area contributed by atoms with Gasteiger partial charge >= 0.3 is 5.97 Å². The van der Waals surface area contributed by atoms with Crippen LogP contribution in [0.25, 0.3) is 5.65 Å². The SMILES string of the molecule is O=C(O)c1cc(=O)nc2cccnn12. The first-order valence-corrected chi connectivity index (χ1v) is 3.77. The van der Waals surface area contributed by atoms with Gasteiger partial charge in [0.25, 0.3) is 5.56 Å². The predicted octanol–water partition coefficient (Wildman–Crippen LogP) is -0.212. The molecule has 70 valence electrons. The molecule has 0 fully saturated rings. The van der Waals surface area contributed by atoms with Crippen LogP contribution in [0.4, 0.5) is 0 Å². The van der Waals surface area contributed by atoms with Gasteiger partial charge in [-0.15, -0.1) is 0 Å². The van der Waals surface area contributed by atoms with Crippen molar-refractivity contribution in [3.63, 3.8) is 0 Å². The monoisotopic (exact) mass is 191 g/mol. The van der Waals surface area contributed by atoms with E-state index >= 15 is 0 Å². The van der Waals surface area contributed by atoms with Crippen molar-refractivity contribution >= 4 is 11.6 Å². The molecule has 2 heterocycles. The average Bonchev–Trinajstić information content (AvgIpc) is 2.16. The first-order chi connectivity index (χ1) is 6.68. The highest BCUT2D eigenvalue weighted by Crippen LogP contribution is 1.98. The number of nitrogens with zero attached hydrogens (tertiary/aromatic N) is 3. The fourth-order valence-corrected chi connectivity index (χ4v) is 1.11. The van der Waals surface area contributed by atoms with Crippen LogP contribution in [0.5, 0.6) is 0 Å². The molecular weight excluding hydrogens is 186 g/mol. The minimum Gasteiger partial charge on any atom is -0.477 e. The van der Waals surface area contributed by atoms with Crippen LogP contribution in [0.1, 0.15) is 10.5 Å². The van der Waals surface area contributed by atoms with E-state index in [1.807, 2.05) is 0 Å². The minimum absolute atomic E-state index is 0.194. The number of carbonyl (C=O) groups is 1. The molecule has 0 bridgehead atoms. The third-order valence-electron chi connectivity index (χ3n) is 1.66. The Labute approximate surface area is 77.5 Å². The number of carboxylic acids is 1. The van der Waals surface area contributed by atoms with Crippen LogP contribution < -0.4 is 5.56 Å². The molecule has 6 heteroatoms. The standard InChI is InChI=1S/C8H5N3O3/c12-7-4-5(8(13)14)11-6(10-7)2-1-3-9-11/h1-4H,(H,13,14). The number of aromatic nitrogens is 3. The van der Waals surface area contributed by atoms with Crippen LogP contribution in [-0.4, -0.2) is 25.7 Å². The Morgan fingerprint density at radius 2 is 2.29 bits per heavy atom. The summed E-state index contributed by atoms with van der Waals surface area (Å²) in [4.78, 5) is 25.3.